The highest BCUT2D eigenvalue weighted by molar-refractivity contribution is 6.30. The van der Waals surface area contributed by atoms with Crippen LogP contribution in [0.25, 0.3) is 0 Å². The zero-order chi connectivity index (χ0) is 18.5. The summed E-state index contributed by atoms with van der Waals surface area (Å²) in [5, 5.41) is 6.48. The maximum absolute atomic E-state index is 12.7. The summed E-state index contributed by atoms with van der Waals surface area (Å²) in [6, 6.07) is 16.2. The van der Waals surface area contributed by atoms with Crippen molar-refractivity contribution in [1.29, 1.82) is 0 Å². The summed E-state index contributed by atoms with van der Waals surface area (Å²) in [5.74, 6) is -0.254. The highest BCUT2D eigenvalue weighted by Gasteiger charge is 2.31. The van der Waals surface area contributed by atoms with E-state index in [1.807, 2.05) is 30.3 Å². The minimum absolute atomic E-state index is 0.0690. The molecule has 3 rings (SSSR count). The van der Waals surface area contributed by atoms with Crippen LogP contribution in [0.4, 0.5) is 5.69 Å². The molecule has 1 aliphatic carbocycles. The van der Waals surface area contributed by atoms with Gasteiger partial charge in [-0.05, 0) is 49.7 Å². The fourth-order valence-electron chi connectivity index (χ4n) is 2.80. The van der Waals surface area contributed by atoms with E-state index in [0.717, 1.165) is 18.4 Å². The van der Waals surface area contributed by atoms with Crippen molar-refractivity contribution < 1.29 is 9.59 Å². The normalized spacial score (nSPS) is 14.7. The molecule has 0 aromatic heterocycles. The molecule has 0 spiro atoms. The summed E-state index contributed by atoms with van der Waals surface area (Å²) in [5.41, 5.74) is 1.54. The predicted octanol–water partition coefficient (Wildman–Crippen LogP) is 3.23. The minimum Gasteiger partial charge on any atom is -0.352 e. The summed E-state index contributed by atoms with van der Waals surface area (Å²) in [6.45, 7) is 0.0975. The van der Waals surface area contributed by atoms with E-state index in [0.29, 0.717) is 10.7 Å². The molecular formula is C20H22ClN3O2. The maximum Gasteiger partial charge on any atom is 0.242 e. The van der Waals surface area contributed by atoms with Crippen molar-refractivity contribution in [2.24, 2.45) is 0 Å². The Morgan fingerprint density at radius 1 is 1.12 bits per heavy atom. The number of halogens is 1. The first kappa shape index (κ1) is 18.4. The van der Waals surface area contributed by atoms with Gasteiger partial charge in [-0.2, -0.15) is 0 Å². The van der Waals surface area contributed by atoms with E-state index in [2.05, 4.69) is 10.6 Å². The van der Waals surface area contributed by atoms with Crippen LogP contribution in [-0.4, -0.2) is 36.3 Å². The lowest BCUT2D eigenvalue weighted by molar-refractivity contribution is -0.127. The third-order valence-electron chi connectivity index (χ3n) is 4.25. The molecule has 2 amide bonds. The number of rotatable bonds is 7. The molecule has 0 radical (unpaired) electrons. The Balaban J connectivity index is 1.67. The molecule has 1 aliphatic rings. The molecule has 5 nitrogen and oxygen atoms in total. The van der Waals surface area contributed by atoms with E-state index in [1.54, 1.807) is 36.2 Å². The standard InChI is InChI=1S/C20H22ClN3O2/c1-24(13-18(25)22-16-9-7-15(21)8-10-16)19(14-5-3-2-4-6-14)20(26)23-17-11-12-17/h2-10,17,19H,11-13H2,1H3,(H,22,25)(H,23,26)/t19-/m0/s1. The first-order chi connectivity index (χ1) is 12.5. The molecule has 1 fully saturated rings. The Hall–Kier alpha value is -2.37. The van der Waals surface area contributed by atoms with Gasteiger partial charge in [-0.25, -0.2) is 0 Å². The van der Waals surface area contributed by atoms with Gasteiger partial charge in [-0.15, -0.1) is 0 Å². The van der Waals surface area contributed by atoms with Gasteiger partial charge in [-0.1, -0.05) is 41.9 Å². The number of hydrogen-bond acceptors (Lipinski definition) is 3. The highest BCUT2D eigenvalue weighted by atomic mass is 35.5. The van der Waals surface area contributed by atoms with Crippen LogP contribution < -0.4 is 10.6 Å². The van der Waals surface area contributed by atoms with Crippen molar-refractivity contribution >= 4 is 29.1 Å². The molecule has 0 saturated heterocycles. The van der Waals surface area contributed by atoms with Crippen LogP contribution in [0.1, 0.15) is 24.4 Å². The molecule has 2 aromatic rings. The first-order valence-electron chi connectivity index (χ1n) is 8.64. The highest BCUT2D eigenvalue weighted by Crippen LogP contribution is 2.24. The number of benzene rings is 2. The van der Waals surface area contributed by atoms with Gasteiger partial charge in [0.25, 0.3) is 0 Å². The average Bonchev–Trinajstić information content (AvgIpc) is 3.42. The molecule has 0 unspecified atom stereocenters. The van der Waals surface area contributed by atoms with Crippen molar-refractivity contribution in [3.05, 3.63) is 65.2 Å². The predicted molar refractivity (Wildman–Crippen MR) is 103 cm³/mol. The number of likely N-dealkylation sites (N-methyl/N-ethyl adjacent to an activating group) is 1. The van der Waals surface area contributed by atoms with E-state index in [4.69, 9.17) is 11.6 Å². The van der Waals surface area contributed by atoms with Crippen molar-refractivity contribution in [1.82, 2.24) is 10.2 Å². The minimum atomic E-state index is -0.507. The lowest BCUT2D eigenvalue weighted by atomic mass is 10.0. The third kappa shape index (κ3) is 5.07. The van der Waals surface area contributed by atoms with Gasteiger partial charge in [0.05, 0.1) is 6.54 Å². The van der Waals surface area contributed by atoms with Gasteiger partial charge in [0, 0.05) is 16.8 Å². The number of carbonyl (C=O) groups is 2. The third-order valence-corrected chi connectivity index (χ3v) is 4.50. The fourth-order valence-corrected chi connectivity index (χ4v) is 2.93. The Kier molecular flexibility index (Phi) is 5.91. The van der Waals surface area contributed by atoms with E-state index >= 15 is 0 Å². The van der Waals surface area contributed by atoms with Crippen molar-refractivity contribution in [2.45, 2.75) is 24.9 Å². The van der Waals surface area contributed by atoms with Gasteiger partial charge in [0.2, 0.25) is 11.8 Å². The largest absolute Gasteiger partial charge is 0.352 e. The molecule has 26 heavy (non-hydrogen) atoms. The quantitative estimate of drug-likeness (QED) is 0.785. The second kappa shape index (κ2) is 8.34. The second-order valence-corrected chi connectivity index (χ2v) is 7.00. The van der Waals surface area contributed by atoms with Gasteiger partial charge in [-0.3, -0.25) is 14.5 Å². The van der Waals surface area contributed by atoms with Gasteiger partial charge < -0.3 is 10.6 Å². The SMILES string of the molecule is CN(CC(=O)Nc1ccc(Cl)cc1)[C@H](C(=O)NC1CC1)c1ccccc1. The van der Waals surface area contributed by atoms with Crippen LogP contribution in [-0.2, 0) is 9.59 Å². The summed E-state index contributed by atoms with van der Waals surface area (Å²) < 4.78 is 0. The van der Waals surface area contributed by atoms with Crippen molar-refractivity contribution in [2.75, 3.05) is 18.9 Å². The van der Waals surface area contributed by atoms with E-state index < -0.39 is 6.04 Å². The molecule has 0 heterocycles. The first-order valence-corrected chi connectivity index (χ1v) is 9.01. The molecule has 0 bridgehead atoms. The molecule has 2 aromatic carbocycles. The Morgan fingerprint density at radius 2 is 1.77 bits per heavy atom. The number of hydrogen-bond donors (Lipinski definition) is 2. The number of amides is 2. The molecule has 136 valence electrons. The lowest BCUT2D eigenvalue weighted by Crippen LogP contribution is -2.42. The summed E-state index contributed by atoms with van der Waals surface area (Å²) in [4.78, 5) is 26.9. The Morgan fingerprint density at radius 3 is 2.38 bits per heavy atom. The summed E-state index contributed by atoms with van der Waals surface area (Å²) in [6.07, 6.45) is 2.04. The topological polar surface area (TPSA) is 61.4 Å². The van der Waals surface area contributed by atoms with Crippen LogP contribution in [0.15, 0.2) is 54.6 Å². The maximum atomic E-state index is 12.7. The van der Waals surface area contributed by atoms with Crippen LogP contribution in [0.2, 0.25) is 5.02 Å². The fraction of sp³-hybridized carbons (Fsp3) is 0.300. The van der Waals surface area contributed by atoms with Gasteiger partial charge in [0.15, 0.2) is 0 Å². The van der Waals surface area contributed by atoms with Crippen LogP contribution in [0.5, 0.6) is 0 Å². The summed E-state index contributed by atoms with van der Waals surface area (Å²) >= 11 is 5.86. The summed E-state index contributed by atoms with van der Waals surface area (Å²) in [7, 11) is 1.78. The molecule has 2 N–H and O–H groups in total. The Bertz CT molecular complexity index is 760. The Labute approximate surface area is 158 Å². The van der Waals surface area contributed by atoms with Crippen molar-refractivity contribution in [3.8, 4) is 0 Å². The second-order valence-electron chi connectivity index (χ2n) is 6.57. The number of anilines is 1. The number of carbonyl (C=O) groups excluding carboxylic acids is 2. The lowest BCUT2D eigenvalue weighted by Gasteiger charge is -2.27. The van der Waals surface area contributed by atoms with E-state index in [1.165, 1.54) is 0 Å². The monoisotopic (exact) mass is 371 g/mol. The molecular weight excluding hydrogens is 350 g/mol. The smallest absolute Gasteiger partial charge is 0.242 e. The van der Waals surface area contributed by atoms with E-state index in [-0.39, 0.29) is 24.4 Å². The number of nitrogens with zero attached hydrogens (tertiary/aromatic N) is 1. The van der Waals surface area contributed by atoms with Gasteiger partial charge >= 0.3 is 0 Å². The molecule has 1 atom stereocenters. The average molecular weight is 372 g/mol. The zero-order valence-electron chi connectivity index (χ0n) is 14.6. The molecule has 1 saturated carbocycles. The van der Waals surface area contributed by atoms with Gasteiger partial charge in [0.1, 0.15) is 6.04 Å². The van der Waals surface area contributed by atoms with Crippen molar-refractivity contribution in [3.63, 3.8) is 0 Å². The van der Waals surface area contributed by atoms with E-state index in [9.17, 15) is 9.59 Å². The van der Waals surface area contributed by atoms with Crippen LogP contribution in [0, 0.1) is 0 Å². The zero-order valence-corrected chi connectivity index (χ0v) is 15.4. The number of nitrogens with one attached hydrogen (secondary N) is 2. The van der Waals surface area contributed by atoms with Crippen LogP contribution in [0.3, 0.4) is 0 Å². The molecule has 0 aliphatic heterocycles. The molecule has 6 heteroatoms. The van der Waals surface area contributed by atoms with Crippen LogP contribution >= 0.6 is 11.6 Å².